The number of unbranched alkanes of at least 4 members (excludes halogenated alkanes) is 14. The maximum absolute atomic E-state index is 12.6. The van der Waals surface area contributed by atoms with E-state index in [0.29, 0.717) is 17.4 Å². The Morgan fingerprint density at radius 3 is 1.61 bits per heavy atom. The van der Waals surface area contributed by atoms with Gasteiger partial charge in [-0.15, -0.1) is 0 Å². The molecule has 0 radical (unpaired) electrons. The summed E-state index contributed by atoms with van der Waals surface area (Å²) in [4.78, 5) is 35.0. The van der Waals surface area contributed by atoms with Gasteiger partial charge in [-0.1, -0.05) is 102 Å². The first-order valence-electron chi connectivity index (χ1n) is 18.1. The lowest BCUT2D eigenvalue weighted by Gasteiger charge is -2.24. The Kier molecular flexibility index (Phi) is 28.6. The SMILES string of the molecule is CCCC/C=C/CCCCCCCC(=O)OCC(COP(=O)(O)OCC[N+](C)(C)C)OC(=O)CCCCCCC/C=C/CCCC. The lowest BCUT2D eigenvalue weighted by molar-refractivity contribution is -0.870. The van der Waals surface area contributed by atoms with Crippen LogP contribution < -0.4 is 0 Å². The number of quaternary nitrogens is 1. The average molecular weight is 675 g/mol. The number of ether oxygens (including phenoxy) is 2. The second kappa shape index (κ2) is 29.6. The average Bonchev–Trinajstić information content (AvgIpc) is 2.99. The summed E-state index contributed by atoms with van der Waals surface area (Å²) < 4.78 is 34.0. The van der Waals surface area contributed by atoms with Crippen LogP contribution in [0.3, 0.4) is 0 Å². The number of likely N-dealkylation sites (N-methyl/N-ethyl adjacent to an activating group) is 1. The summed E-state index contributed by atoms with van der Waals surface area (Å²) in [5.74, 6) is -0.825. The fourth-order valence-electron chi connectivity index (χ4n) is 4.50. The van der Waals surface area contributed by atoms with E-state index in [0.717, 1.165) is 83.5 Å². The number of hydrogen-bond acceptors (Lipinski definition) is 7. The maximum atomic E-state index is 12.6. The van der Waals surface area contributed by atoms with Gasteiger partial charge < -0.3 is 18.9 Å². The Labute approximate surface area is 281 Å². The molecule has 0 saturated heterocycles. The molecule has 0 aliphatic carbocycles. The van der Waals surface area contributed by atoms with Crippen molar-refractivity contribution in [3.63, 3.8) is 0 Å². The highest BCUT2D eigenvalue weighted by Crippen LogP contribution is 2.43. The molecule has 0 heterocycles. The van der Waals surface area contributed by atoms with Crippen LogP contribution in [0.1, 0.15) is 142 Å². The third kappa shape index (κ3) is 32.4. The van der Waals surface area contributed by atoms with Crippen molar-refractivity contribution in [3.8, 4) is 0 Å². The summed E-state index contributed by atoms with van der Waals surface area (Å²) in [5.41, 5.74) is 0. The number of allylic oxidation sites excluding steroid dienone is 4. The number of nitrogens with zero attached hydrogens (tertiary/aromatic N) is 1. The van der Waals surface area contributed by atoms with E-state index in [1.807, 2.05) is 21.1 Å². The molecule has 0 aromatic rings. The number of carbonyl (C=O) groups is 2. The normalized spacial score (nSPS) is 14.1. The number of carbonyl (C=O) groups excluding carboxylic acids is 2. The summed E-state index contributed by atoms with van der Waals surface area (Å²) in [7, 11) is 1.46. The Balaban J connectivity index is 4.50. The van der Waals surface area contributed by atoms with Gasteiger partial charge in [0.15, 0.2) is 6.10 Å². The van der Waals surface area contributed by atoms with E-state index < -0.39 is 26.5 Å². The summed E-state index contributed by atoms with van der Waals surface area (Å²) >= 11 is 0. The van der Waals surface area contributed by atoms with Gasteiger partial charge in [-0.2, -0.15) is 0 Å². The van der Waals surface area contributed by atoms with Gasteiger partial charge in [0, 0.05) is 12.8 Å². The van der Waals surface area contributed by atoms with Crippen molar-refractivity contribution in [2.75, 3.05) is 47.5 Å². The number of phosphoric acid groups is 1. The Morgan fingerprint density at radius 2 is 1.11 bits per heavy atom. The zero-order chi connectivity index (χ0) is 34.4. The third-order valence-electron chi connectivity index (χ3n) is 7.45. The largest absolute Gasteiger partial charge is 0.472 e. The molecule has 270 valence electrons. The zero-order valence-corrected chi connectivity index (χ0v) is 31.0. The number of hydrogen-bond donors (Lipinski definition) is 1. The van der Waals surface area contributed by atoms with E-state index in [9.17, 15) is 19.0 Å². The Morgan fingerprint density at radius 1 is 0.652 bits per heavy atom. The lowest BCUT2D eigenvalue weighted by atomic mass is 10.1. The smallest absolute Gasteiger partial charge is 0.462 e. The van der Waals surface area contributed by atoms with Gasteiger partial charge >= 0.3 is 19.8 Å². The topological polar surface area (TPSA) is 108 Å². The van der Waals surface area contributed by atoms with Gasteiger partial charge in [-0.25, -0.2) is 4.57 Å². The summed E-state index contributed by atoms with van der Waals surface area (Å²) in [6, 6.07) is 0. The molecule has 46 heavy (non-hydrogen) atoms. The fourth-order valence-corrected chi connectivity index (χ4v) is 5.24. The monoisotopic (exact) mass is 674 g/mol. The fraction of sp³-hybridized carbons (Fsp3) is 0.833. The van der Waals surface area contributed by atoms with E-state index in [2.05, 4.69) is 38.2 Å². The second-order valence-corrected chi connectivity index (χ2v) is 14.7. The van der Waals surface area contributed by atoms with Gasteiger partial charge in [-0.05, 0) is 51.4 Å². The lowest BCUT2D eigenvalue weighted by Crippen LogP contribution is -2.37. The molecule has 0 aliphatic rings. The van der Waals surface area contributed by atoms with Crippen LogP contribution in [0.25, 0.3) is 0 Å². The van der Waals surface area contributed by atoms with Crippen molar-refractivity contribution >= 4 is 19.8 Å². The van der Waals surface area contributed by atoms with Gasteiger partial charge in [0.05, 0.1) is 27.7 Å². The second-order valence-electron chi connectivity index (χ2n) is 13.2. The molecule has 0 amide bonds. The molecule has 0 aliphatic heterocycles. The number of phosphoric ester groups is 1. The zero-order valence-electron chi connectivity index (χ0n) is 30.1. The molecular weight excluding hydrogens is 605 g/mol. The van der Waals surface area contributed by atoms with Crippen molar-refractivity contribution in [2.45, 2.75) is 148 Å². The Bertz CT molecular complexity index is 855. The van der Waals surface area contributed by atoms with Crippen LogP contribution in [-0.4, -0.2) is 74.9 Å². The maximum Gasteiger partial charge on any atom is 0.472 e. The molecule has 0 saturated carbocycles. The molecule has 0 bridgehead atoms. The highest BCUT2D eigenvalue weighted by atomic mass is 31.2. The number of esters is 2. The van der Waals surface area contributed by atoms with Crippen molar-refractivity contribution in [1.29, 1.82) is 0 Å². The van der Waals surface area contributed by atoms with Crippen LogP contribution in [0.15, 0.2) is 24.3 Å². The Hall–Kier alpha value is -1.51. The van der Waals surface area contributed by atoms with E-state index >= 15 is 0 Å². The summed E-state index contributed by atoms with van der Waals surface area (Å²) in [6.45, 7) is 4.29. The third-order valence-corrected chi connectivity index (χ3v) is 8.44. The quantitative estimate of drug-likeness (QED) is 0.0247. The minimum Gasteiger partial charge on any atom is -0.462 e. The van der Waals surface area contributed by atoms with Gasteiger partial charge in [-0.3, -0.25) is 18.6 Å². The molecule has 0 aromatic heterocycles. The van der Waals surface area contributed by atoms with Crippen molar-refractivity contribution in [3.05, 3.63) is 24.3 Å². The number of rotatable bonds is 32. The summed E-state index contributed by atoms with van der Waals surface area (Å²) in [6.07, 6.45) is 28.0. The van der Waals surface area contributed by atoms with Crippen molar-refractivity contribution in [2.24, 2.45) is 0 Å². The van der Waals surface area contributed by atoms with Crippen LogP contribution >= 0.6 is 7.82 Å². The van der Waals surface area contributed by atoms with Gasteiger partial charge in [0.1, 0.15) is 19.8 Å². The van der Waals surface area contributed by atoms with Crippen molar-refractivity contribution < 1.29 is 42.1 Å². The molecule has 1 N–H and O–H groups in total. The molecule has 0 aromatic carbocycles. The van der Waals surface area contributed by atoms with Gasteiger partial charge in [0.2, 0.25) is 0 Å². The first-order chi connectivity index (χ1) is 22.0. The molecule has 0 fully saturated rings. The van der Waals surface area contributed by atoms with Crippen LogP contribution in [0.4, 0.5) is 0 Å². The minimum absolute atomic E-state index is 0.0293. The predicted molar refractivity (Wildman–Crippen MR) is 187 cm³/mol. The van der Waals surface area contributed by atoms with E-state index in [4.69, 9.17) is 18.5 Å². The first kappa shape index (κ1) is 44.5. The van der Waals surface area contributed by atoms with Crippen LogP contribution in [0.5, 0.6) is 0 Å². The highest BCUT2D eigenvalue weighted by molar-refractivity contribution is 7.47. The molecule has 2 atom stereocenters. The van der Waals surface area contributed by atoms with Crippen LogP contribution in [0.2, 0.25) is 0 Å². The summed E-state index contributed by atoms with van der Waals surface area (Å²) in [5, 5.41) is 0. The minimum atomic E-state index is -4.36. The van der Waals surface area contributed by atoms with E-state index in [-0.39, 0.29) is 32.0 Å². The van der Waals surface area contributed by atoms with Crippen LogP contribution in [0, 0.1) is 0 Å². The van der Waals surface area contributed by atoms with Crippen LogP contribution in [-0.2, 0) is 32.7 Å². The van der Waals surface area contributed by atoms with Gasteiger partial charge in [0.25, 0.3) is 0 Å². The first-order valence-corrected chi connectivity index (χ1v) is 19.6. The van der Waals surface area contributed by atoms with Crippen molar-refractivity contribution in [1.82, 2.24) is 0 Å². The van der Waals surface area contributed by atoms with E-state index in [1.165, 1.54) is 25.7 Å². The molecule has 10 heteroatoms. The standard InChI is InChI=1S/C36H68NO8P/c1-6-8-10-12-14-16-18-20-22-24-26-28-35(38)42-32-34(33-44-46(40,41)43-31-30-37(3,4)5)45-36(39)29-27-25-23-21-19-17-15-13-11-9-7-2/h12-15,34H,6-11,16-33H2,1-5H3/p+1/b14-12+,15-13+. The highest BCUT2D eigenvalue weighted by Gasteiger charge is 2.27. The van der Waals surface area contributed by atoms with E-state index in [1.54, 1.807) is 0 Å². The molecule has 2 unspecified atom stereocenters. The molecule has 0 rings (SSSR count). The molecule has 9 nitrogen and oxygen atoms in total. The predicted octanol–water partition coefficient (Wildman–Crippen LogP) is 9.24. The molecular formula is C36H69NO8P+. The molecule has 0 spiro atoms.